The summed E-state index contributed by atoms with van der Waals surface area (Å²) in [7, 11) is 0. The van der Waals surface area contributed by atoms with Crippen molar-refractivity contribution < 1.29 is 4.79 Å². The highest BCUT2D eigenvalue weighted by Crippen LogP contribution is 2.62. The predicted octanol–water partition coefficient (Wildman–Crippen LogP) is 7.41. The van der Waals surface area contributed by atoms with Crippen LogP contribution in [0.2, 0.25) is 15.1 Å². The van der Waals surface area contributed by atoms with Crippen LogP contribution in [0.4, 0.5) is 0 Å². The highest BCUT2D eigenvalue weighted by molar-refractivity contribution is 6.35. The third kappa shape index (κ3) is 3.63. The van der Waals surface area contributed by atoms with Gasteiger partial charge >= 0.3 is 0 Å². The van der Waals surface area contributed by atoms with E-state index in [9.17, 15) is 4.79 Å². The summed E-state index contributed by atoms with van der Waals surface area (Å²) in [6.45, 7) is 7.38. The van der Waals surface area contributed by atoms with Gasteiger partial charge in [0.1, 0.15) is 0 Å². The Hall–Kier alpha value is -2.01. The number of halogens is 3. The zero-order chi connectivity index (χ0) is 24.7. The number of carbonyl (C=O) groups excluding carboxylic acids is 1. The van der Waals surface area contributed by atoms with Gasteiger partial charge in [0.15, 0.2) is 5.69 Å². The topological polar surface area (TPSA) is 46.9 Å². The Morgan fingerprint density at radius 3 is 2.57 bits per heavy atom. The molecule has 1 aromatic heterocycles. The lowest BCUT2D eigenvalue weighted by Gasteiger charge is -2.43. The molecule has 3 aliphatic carbocycles. The first-order valence-corrected chi connectivity index (χ1v) is 13.3. The number of rotatable bonds is 4. The van der Waals surface area contributed by atoms with Gasteiger partial charge in [-0.2, -0.15) is 5.10 Å². The molecule has 3 unspecified atom stereocenters. The summed E-state index contributed by atoms with van der Waals surface area (Å²) in [4.78, 5) is 13.8. The Morgan fingerprint density at radius 1 is 1.11 bits per heavy atom. The molecule has 182 valence electrons. The summed E-state index contributed by atoms with van der Waals surface area (Å²) in [5, 5.41) is 10.2. The van der Waals surface area contributed by atoms with Crippen molar-refractivity contribution in [1.82, 2.24) is 15.1 Å². The van der Waals surface area contributed by atoms with Crippen LogP contribution in [0.15, 0.2) is 36.4 Å². The monoisotopic (exact) mass is 527 g/mol. The summed E-state index contributed by atoms with van der Waals surface area (Å²) in [5.41, 5.74) is 5.71. The minimum absolute atomic E-state index is 0.0711. The first kappa shape index (κ1) is 23.4. The maximum atomic E-state index is 13.8. The molecule has 1 N–H and O–H groups in total. The van der Waals surface area contributed by atoms with Gasteiger partial charge in [-0.1, -0.05) is 67.7 Å². The second kappa shape index (κ2) is 7.99. The molecule has 6 rings (SSSR count). The summed E-state index contributed by atoms with van der Waals surface area (Å²) < 4.78 is 1.91. The Morgan fingerprint density at radius 2 is 1.86 bits per heavy atom. The van der Waals surface area contributed by atoms with Crippen molar-refractivity contribution in [3.63, 3.8) is 0 Å². The van der Waals surface area contributed by atoms with Gasteiger partial charge in [0, 0.05) is 38.7 Å². The summed E-state index contributed by atoms with van der Waals surface area (Å²) >= 11 is 18.9. The molecule has 1 heterocycles. The quantitative estimate of drug-likeness (QED) is 0.300. The Bertz CT molecular complexity index is 1370. The standard InChI is InChI=1S/C28H28Cl3N3O/c1-27(2)17-8-9-28(3,13-17)26(27)32-25(35)23-21-11-16-10-18(29)6-7-20(16)24(21)34(33-23)14-15-4-5-19(30)12-22(15)31/h4-7,10,12,17,26H,8-9,11,13-14H2,1-3H3,(H,32,35). The zero-order valence-corrected chi connectivity index (χ0v) is 22.4. The van der Waals surface area contributed by atoms with Gasteiger partial charge in [0.25, 0.3) is 5.91 Å². The van der Waals surface area contributed by atoms with Crippen molar-refractivity contribution in [2.75, 3.05) is 0 Å². The van der Waals surface area contributed by atoms with E-state index >= 15 is 0 Å². The average Bonchev–Trinajstić information content (AvgIpc) is 3.49. The van der Waals surface area contributed by atoms with E-state index in [1.165, 1.54) is 12.8 Å². The second-order valence-corrected chi connectivity index (χ2v) is 12.6. The van der Waals surface area contributed by atoms with Gasteiger partial charge in [-0.05, 0) is 71.4 Å². The average molecular weight is 529 g/mol. The molecule has 2 fully saturated rings. The third-order valence-corrected chi connectivity index (χ3v) is 9.66. The van der Waals surface area contributed by atoms with E-state index in [1.807, 2.05) is 35.0 Å². The van der Waals surface area contributed by atoms with Gasteiger partial charge in [0.2, 0.25) is 0 Å². The van der Waals surface area contributed by atoms with E-state index in [2.05, 4.69) is 26.1 Å². The van der Waals surface area contributed by atoms with E-state index in [0.717, 1.165) is 34.4 Å². The fourth-order valence-corrected chi connectivity index (χ4v) is 7.73. The fourth-order valence-electron chi connectivity index (χ4n) is 7.07. The summed E-state index contributed by atoms with van der Waals surface area (Å²) in [6, 6.07) is 11.5. The van der Waals surface area contributed by atoms with E-state index < -0.39 is 0 Å². The van der Waals surface area contributed by atoms with Crippen molar-refractivity contribution in [2.24, 2.45) is 16.7 Å². The number of carbonyl (C=O) groups is 1. The molecule has 0 aliphatic heterocycles. The van der Waals surface area contributed by atoms with Gasteiger partial charge in [-0.3, -0.25) is 9.48 Å². The lowest BCUT2D eigenvalue weighted by Crippen LogP contribution is -2.52. The van der Waals surface area contributed by atoms with Crippen LogP contribution in [-0.4, -0.2) is 21.7 Å². The molecule has 3 atom stereocenters. The van der Waals surface area contributed by atoms with E-state index in [1.54, 1.807) is 6.07 Å². The zero-order valence-electron chi connectivity index (χ0n) is 20.1. The number of benzene rings is 2. The lowest BCUT2D eigenvalue weighted by molar-refractivity contribution is 0.0731. The first-order valence-electron chi connectivity index (χ1n) is 12.2. The summed E-state index contributed by atoms with van der Waals surface area (Å²) in [6.07, 6.45) is 4.22. The van der Waals surface area contributed by atoms with Crippen molar-refractivity contribution in [3.8, 4) is 11.3 Å². The van der Waals surface area contributed by atoms with Gasteiger partial charge in [-0.25, -0.2) is 0 Å². The van der Waals surface area contributed by atoms with Crippen LogP contribution >= 0.6 is 34.8 Å². The van der Waals surface area contributed by atoms with Crippen molar-refractivity contribution in [3.05, 3.63) is 73.9 Å². The molecule has 0 saturated heterocycles. The largest absolute Gasteiger partial charge is 0.347 e. The normalized spacial score (nSPS) is 25.5. The van der Waals surface area contributed by atoms with Gasteiger partial charge < -0.3 is 5.32 Å². The van der Waals surface area contributed by atoms with Crippen LogP contribution in [-0.2, 0) is 13.0 Å². The molecule has 2 saturated carbocycles. The van der Waals surface area contributed by atoms with Gasteiger partial charge in [0.05, 0.1) is 12.2 Å². The molecule has 2 aromatic carbocycles. The van der Waals surface area contributed by atoms with Crippen LogP contribution < -0.4 is 5.32 Å². The number of aromatic nitrogens is 2. The smallest absolute Gasteiger partial charge is 0.272 e. The number of amides is 1. The fraction of sp³-hybridized carbons (Fsp3) is 0.429. The Labute approximate surface area is 221 Å². The Kier molecular flexibility index (Phi) is 5.34. The SMILES string of the molecule is CC12CCC(C1)C(C)(C)C2NC(=O)c1nn(Cc2ccc(Cl)cc2Cl)c2c1Cc1cc(Cl)ccc1-2. The van der Waals surface area contributed by atoms with Gasteiger partial charge in [-0.15, -0.1) is 0 Å². The first-order chi connectivity index (χ1) is 16.6. The van der Waals surface area contributed by atoms with Crippen LogP contribution in [0.5, 0.6) is 0 Å². The van der Waals surface area contributed by atoms with Crippen molar-refractivity contribution >= 4 is 40.7 Å². The minimum Gasteiger partial charge on any atom is -0.347 e. The highest BCUT2D eigenvalue weighted by Gasteiger charge is 2.59. The predicted molar refractivity (Wildman–Crippen MR) is 142 cm³/mol. The lowest BCUT2D eigenvalue weighted by atomic mass is 9.68. The maximum Gasteiger partial charge on any atom is 0.272 e. The molecular weight excluding hydrogens is 501 g/mol. The van der Waals surface area contributed by atoms with Crippen molar-refractivity contribution in [2.45, 2.75) is 59.0 Å². The molecule has 3 aromatic rings. The number of nitrogens with zero attached hydrogens (tertiary/aromatic N) is 2. The molecule has 0 spiro atoms. The van der Waals surface area contributed by atoms with Crippen molar-refractivity contribution in [1.29, 1.82) is 0 Å². The number of nitrogens with one attached hydrogen (secondary N) is 1. The molecule has 3 aliphatic rings. The van der Waals surface area contributed by atoms with E-state index in [0.29, 0.717) is 39.6 Å². The molecule has 2 bridgehead atoms. The number of fused-ring (bicyclic) bond motifs is 5. The molecule has 1 amide bonds. The molecule has 4 nitrogen and oxygen atoms in total. The minimum atomic E-state index is -0.0899. The van der Waals surface area contributed by atoms with Crippen LogP contribution in [0.25, 0.3) is 11.3 Å². The van der Waals surface area contributed by atoms with E-state index in [-0.39, 0.29) is 22.8 Å². The van der Waals surface area contributed by atoms with E-state index in [4.69, 9.17) is 39.9 Å². The van der Waals surface area contributed by atoms with Crippen LogP contribution in [0.3, 0.4) is 0 Å². The number of hydrogen-bond donors (Lipinski definition) is 1. The maximum absolute atomic E-state index is 13.8. The second-order valence-electron chi connectivity index (χ2n) is 11.4. The molecule has 7 heteroatoms. The number of hydrogen-bond acceptors (Lipinski definition) is 2. The molecular formula is C28H28Cl3N3O. The highest BCUT2D eigenvalue weighted by atomic mass is 35.5. The molecule has 35 heavy (non-hydrogen) atoms. The third-order valence-electron chi connectivity index (χ3n) is 8.84. The molecule has 0 radical (unpaired) electrons. The summed E-state index contributed by atoms with van der Waals surface area (Å²) in [5.74, 6) is 0.562. The Balaban J connectivity index is 1.40. The van der Waals surface area contributed by atoms with Crippen LogP contribution in [0.1, 0.15) is 67.2 Å². The van der Waals surface area contributed by atoms with Crippen LogP contribution in [0, 0.1) is 16.7 Å².